The number of amides is 1. The van der Waals surface area contributed by atoms with Crippen LogP contribution in [0.4, 0.5) is 0 Å². The molecule has 0 saturated carbocycles. The van der Waals surface area contributed by atoms with Crippen molar-refractivity contribution in [2.45, 2.75) is 25.7 Å². The van der Waals surface area contributed by atoms with E-state index in [0.29, 0.717) is 36.0 Å². The fourth-order valence-electron chi connectivity index (χ4n) is 4.10. The number of thiocarbonyl (C=S) groups is 1. The Balaban J connectivity index is 1.50. The molecule has 0 unspecified atom stereocenters. The molecule has 0 bridgehead atoms. The van der Waals surface area contributed by atoms with Crippen LogP contribution in [0.5, 0.6) is 0 Å². The number of carbonyl (C=O) groups excluding carboxylic acids is 1. The van der Waals surface area contributed by atoms with E-state index in [2.05, 4.69) is 11.1 Å². The number of imidazole rings is 1. The Kier molecular flexibility index (Phi) is 5.83. The van der Waals surface area contributed by atoms with E-state index in [9.17, 15) is 4.79 Å². The highest BCUT2D eigenvalue weighted by Gasteiger charge is 2.25. The third kappa shape index (κ3) is 4.21. The highest BCUT2D eigenvalue weighted by molar-refractivity contribution is 7.80. The lowest BCUT2D eigenvalue weighted by Crippen LogP contribution is -2.38. The van der Waals surface area contributed by atoms with Crippen molar-refractivity contribution in [3.63, 3.8) is 0 Å². The number of rotatable bonds is 3. The third-order valence-electron chi connectivity index (χ3n) is 5.90. The van der Waals surface area contributed by atoms with Crippen molar-refractivity contribution in [2.24, 2.45) is 5.73 Å². The van der Waals surface area contributed by atoms with Gasteiger partial charge >= 0.3 is 0 Å². The number of aromatic nitrogens is 2. The molecule has 31 heavy (non-hydrogen) atoms. The summed E-state index contributed by atoms with van der Waals surface area (Å²) in [6.45, 7) is 3.38. The molecular weight excluding hydrogens is 406 g/mol. The predicted molar refractivity (Wildman–Crippen MR) is 124 cm³/mol. The number of carbonyl (C=O) groups is 1. The van der Waals surface area contributed by atoms with E-state index in [1.807, 2.05) is 54.3 Å². The number of hydrogen-bond donors (Lipinski definition) is 1. The average molecular weight is 430 g/mol. The van der Waals surface area contributed by atoms with Gasteiger partial charge in [0, 0.05) is 36.6 Å². The summed E-state index contributed by atoms with van der Waals surface area (Å²) in [6.07, 6.45) is 5.18. The van der Waals surface area contributed by atoms with Gasteiger partial charge in [0.05, 0.1) is 11.6 Å². The van der Waals surface area contributed by atoms with E-state index in [0.717, 1.165) is 24.0 Å². The second-order valence-corrected chi connectivity index (χ2v) is 8.21. The van der Waals surface area contributed by atoms with Crippen LogP contribution in [0.25, 0.3) is 11.4 Å². The Morgan fingerprint density at radius 1 is 1.19 bits per heavy atom. The molecule has 2 heterocycles. The molecule has 0 aliphatic carbocycles. The molecule has 1 aliphatic rings. The van der Waals surface area contributed by atoms with Gasteiger partial charge in [0.25, 0.3) is 5.91 Å². The second kappa shape index (κ2) is 8.70. The summed E-state index contributed by atoms with van der Waals surface area (Å²) in [4.78, 5) is 19.5. The molecule has 1 saturated heterocycles. The lowest BCUT2D eigenvalue weighted by atomic mass is 9.88. The molecule has 1 amide bonds. The summed E-state index contributed by atoms with van der Waals surface area (Å²) in [5, 5.41) is 9.19. The van der Waals surface area contributed by atoms with Crippen LogP contribution in [0.1, 0.15) is 45.8 Å². The van der Waals surface area contributed by atoms with Crippen LogP contribution >= 0.6 is 12.2 Å². The maximum atomic E-state index is 13.2. The first-order valence-corrected chi connectivity index (χ1v) is 10.6. The Morgan fingerprint density at radius 3 is 2.55 bits per heavy atom. The van der Waals surface area contributed by atoms with Gasteiger partial charge in [-0.3, -0.25) is 9.36 Å². The summed E-state index contributed by atoms with van der Waals surface area (Å²) >= 11 is 5.11. The molecule has 0 spiro atoms. The molecule has 4 rings (SSSR count). The lowest BCUT2D eigenvalue weighted by Gasteiger charge is -2.32. The fourth-order valence-corrected chi connectivity index (χ4v) is 4.25. The normalized spacial score (nSPS) is 14.3. The Labute approximate surface area is 186 Å². The van der Waals surface area contributed by atoms with Crippen LogP contribution in [0.15, 0.2) is 54.9 Å². The van der Waals surface area contributed by atoms with Crippen LogP contribution in [0.3, 0.4) is 0 Å². The van der Waals surface area contributed by atoms with Gasteiger partial charge in [0.15, 0.2) is 5.11 Å². The molecule has 0 atom stereocenters. The molecule has 156 valence electrons. The minimum atomic E-state index is 0.0213. The number of nitriles is 1. The zero-order valence-corrected chi connectivity index (χ0v) is 18.1. The standard InChI is InChI=1S/C24H23N5OS/c1-16-2-5-20(14-21(16)22-27-10-13-29(22)24(26)31)23(30)28-11-8-19(9-12-28)18-6-3-17(15-25)4-7-18/h2-7,10,13-14,19H,8-9,11-12H2,1H3,(H2,26,31). The largest absolute Gasteiger partial charge is 0.376 e. The highest BCUT2D eigenvalue weighted by atomic mass is 32.1. The van der Waals surface area contributed by atoms with Gasteiger partial charge in [-0.25, -0.2) is 4.98 Å². The van der Waals surface area contributed by atoms with Gasteiger partial charge < -0.3 is 10.6 Å². The van der Waals surface area contributed by atoms with Gasteiger partial charge in [-0.2, -0.15) is 5.26 Å². The van der Waals surface area contributed by atoms with Crippen molar-refractivity contribution < 1.29 is 4.79 Å². The fraction of sp³-hybridized carbons (Fsp3) is 0.250. The maximum absolute atomic E-state index is 13.2. The topological polar surface area (TPSA) is 87.9 Å². The summed E-state index contributed by atoms with van der Waals surface area (Å²) in [7, 11) is 0. The molecule has 1 fully saturated rings. The van der Waals surface area contributed by atoms with Crippen molar-refractivity contribution in [1.29, 1.82) is 5.26 Å². The highest BCUT2D eigenvalue weighted by Crippen LogP contribution is 2.30. The molecule has 3 aromatic rings. The van der Waals surface area contributed by atoms with Gasteiger partial charge in [-0.05, 0) is 73.3 Å². The van der Waals surface area contributed by atoms with E-state index < -0.39 is 0 Å². The SMILES string of the molecule is Cc1ccc(C(=O)N2CCC(c3ccc(C#N)cc3)CC2)cc1-c1nccn1C(N)=S. The van der Waals surface area contributed by atoms with Gasteiger partial charge in [-0.15, -0.1) is 0 Å². The number of nitrogens with zero attached hydrogens (tertiary/aromatic N) is 4. The Bertz CT molecular complexity index is 1170. The minimum absolute atomic E-state index is 0.0213. The molecule has 0 radical (unpaired) electrons. The van der Waals surface area contributed by atoms with Crippen molar-refractivity contribution in [3.8, 4) is 17.5 Å². The zero-order valence-electron chi connectivity index (χ0n) is 17.3. The Morgan fingerprint density at radius 2 is 1.90 bits per heavy atom. The van der Waals surface area contributed by atoms with Gasteiger partial charge in [-0.1, -0.05) is 18.2 Å². The van der Waals surface area contributed by atoms with Crippen LogP contribution in [-0.2, 0) is 0 Å². The van der Waals surface area contributed by atoms with Crippen LogP contribution < -0.4 is 5.73 Å². The molecule has 2 aromatic carbocycles. The van der Waals surface area contributed by atoms with Crippen LogP contribution in [0, 0.1) is 18.3 Å². The van der Waals surface area contributed by atoms with Gasteiger partial charge in [0.1, 0.15) is 5.82 Å². The third-order valence-corrected chi connectivity index (χ3v) is 6.09. The van der Waals surface area contributed by atoms with E-state index in [-0.39, 0.29) is 11.0 Å². The first kappa shape index (κ1) is 20.8. The average Bonchev–Trinajstić information content (AvgIpc) is 3.29. The zero-order chi connectivity index (χ0) is 22.0. The smallest absolute Gasteiger partial charge is 0.253 e. The molecular formula is C24H23N5OS. The minimum Gasteiger partial charge on any atom is -0.376 e. The number of aryl methyl sites for hydroxylation is 1. The van der Waals surface area contributed by atoms with Crippen molar-refractivity contribution in [1.82, 2.24) is 14.5 Å². The number of piperidine rings is 1. The summed E-state index contributed by atoms with van der Waals surface area (Å²) < 4.78 is 1.65. The predicted octanol–water partition coefficient (Wildman–Crippen LogP) is 3.84. The molecule has 7 heteroatoms. The van der Waals surface area contributed by atoms with E-state index in [4.69, 9.17) is 23.2 Å². The molecule has 2 N–H and O–H groups in total. The van der Waals surface area contributed by atoms with Crippen LogP contribution in [0.2, 0.25) is 0 Å². The summed E-state index contributed by atoms with van der Waals surface area (Å²) in [6, 6.07) is 15.6. The molecule has 1 aliphatic heterocycles. The number of hydrogen-bond acceptors (Lipinski definition) is 4. The van der Waals surface area contributed by atoms with E-state index in [1.54, 1.807) is 17.0 Å². The quantitative estimate of drug-likeness (QED) is 0.639. The number of benzene rings is 2. The lowest BCUT2D eigenvalue weighted by molar-refractivity contribution is 0.0713. The first-order chi connectivity index (χ1) is 15.0. The Hall–Kier alpha value is -3.50. The monoisotopic (exact) mass is 429 g/mol. The van der Waals surface area contributed by atoms with Crippen molar-refractivity contribution >= 4 is 23.2 Å². The summed E-state index contributed by atoms with van der Waals surface area (Å²) in [5.41, 5.74) is 10.2. The van der Waals surface area contributed by atoms with Gasteiger partial charge in [0.2, 0.25) is 0 Å². The number of nitrogens with two attached hydrogens (primary N) is 1. The summed E-state index contributed by atoms with van der Waals surface area (Å²) in [5.74, 6) is 1.07. The maximum Gasteiger partial charge on any atom is 0.253 e. The van der Waals surface area contributed by atoms with Crippen molar-refractivity contribution in [2.75, 3.05) is 13.1 Å². The van der Waals surface area contributed by atoms with Crippen molar-refractivity contribution in [3.05, 3.63) is 77.1 Å². The molecule has 1 aromatic heterocycles. The van der Waals surface area contributed by atoms with E-state index in [1.165, 1.54) is 5.56 Å². The van der Waals surface area contributed by atoms with Crippen LogP contribution in [-0.4, -0.2) is 38.6 Å². The number of likely N-dealkylation sites (tertiary alicyclic amines) is 1. The second-order valence-electron chi connectivity index (χ2n) is 7.79. The first-order valence-electron chi connectivity index (χ1n) is 10.2. The molecule has 6 nitrogen and oxygen atoms in total. The van der Waals surface area contributed by atoms with E-state index >= 15 is 0 Å².